The molecule has 2 rings (SSSR count). The second kappa shape index (κ2) is 5.80. The molecule has 1 aliphatic carbocycles. The van der Waals surface area contributed by atoms with Crippen LogP contribution in [0.1, 0.15) is 26.2 Å². The van der Waals surface area contributed by atoms with E-state index in [0.29, 0.717) is 25.0 Å². The summed E-state index contributed by atoms with van der Waals surface area (Å²) < 4.78 is 16.1. The highest BCUT2D eigenvalue weighted by molar-refractivity contribution is 4.86. The molecule has 2 aliphatic rings. The molecule has 0 radical (unpaired) electrons. The fourth-order valence-electron chi connectivity index (χ4n) is 2.06. The molecule has 15 heavy (non-hydrogen) atoms. The van der Waals surface area contributed by atoms with Crippen molar-refractivity contribution in [2.45, 2.75) is 44.4 Å². The second-order valence-corrected chi connectivity index (χ2v) is 4.26. The lowest BCUT2D eigenvalue weighted by Crippen LogP contribution is -2.48. The van der Waals surface area contributed by atoms with Crippen LogP contribution in [0.4, 0.5) is 0 Å². The van der Waals surface area contributed by atoms with Gasteiger partial charge in [0.2, 0.25) is 0 Å². The largest absolute Gasteiger partial charge is 0.378 e. The summed E-state index contributed by atoms with van der Waals surface area (Å²) in [6.45, 7) is 5.13. The Balaban J connectivity index is 1.52. The molecule has 2 fully saturated rings. The summed E-state index contributed by atoms with van der Waals surface area (Å²) in [5, 5.41) is 3.52. The predicted octanol–water partition coefficient (Wildman–Crippen LogP) is 0.906. The molecule has 4 nitrogen and oxygen atoms in total. The standard InChI is InChI=1S/C11H21NO3/c1-2-14-11-5-9(6-11)12-7-10-3-4-13-8-15-10/h9-12H,2-8H2,1H3. The molecule has 0 aromatic carbocycles. The third-order valence-corrected chi connectivity index (χ3v) is 3.10. The average molecular weight is 215 g/mol. The summed E-state index contributed by atoms with van der Waals surface area (Å²) in [6.07, 6.45) is 4.14. The van der Waals surface area contributed by atoms with Crippen molar-refractivity contribution in [3.8, 4) is 0 Å². The molecular formula is C11H21NO3. The fraction of sp³-hybridized carbons (Fsp3) is 1.00. The Hall–Kier alpha value is -0.160. The molecule has 0 bridgehead atoms. The molecule has 0 aromatic heterocycles. The Kier molecular flexibility index (Phi) is 4.38. The van der Waals surface area contributed by atoms with Gasteiger partial charge in [-0.15, -0.1) is 0 Å². The maximum Gasteiger partial charge on any atom is 0.147 e. The van der Waals surface area contributed by atoms with Crippen LogP contribution in [0.3, 0.4) is 0 Å². The number of ether oxygens (including phenoxy) is 3. The average Bonchev–Trinajstić information content (AvgIpc) is 2.23. The summed E-state index contributed by atoms with van der Waals surface area (Å²) >= 11 is 0. The SMILES string of the molecule is CCOC1CC(NCC2CCOCO2)C1. The third kappa shape index (κ3) is 3.41. The quantitative estimate of drug-likeness (QED) is 0.740. The topological polar surface area (TPSA) is 39.7 Å². The van der Waals surface area contributed by atoms with E-state index in [1.165, 1.54) is 0 Å². The summed E-state index contributed by atoms with van der Waals surface area (Å²) in [5.41, 5.74) is 0. The zero-order valence-electron chi connectivity index (χ0n) is 9.41. The maximum atomic E-state index is 5.51. The van der Waals surface area contributed by atoms with Gasteiger partial charge in [0.25, 0.3) is 0 Å². The van der Waals surface area contributed by atoms with E-state index in [4.69, 9.17) is 14.2 Å². The van der Waals surface area contributed by atoms with Gasteiger partial charge in [-0.25, -0.2) is 0 Å². The van der Waals surface area contributed by atoms with Gasteiger partial charge >= 0.3 is 0 Å². The van der Waals surface area contributed by atoms with Gasteiger partial charge in [-0.2, -0.15) is 0 Å². The Labute approximate surface area is 91.3 Å². The van der Waals surface area contributed by atoms with Crippen molar-refractivity contribution in [2.75, 3.05) is 26.6 Å². The van der Waals surface area contributed by atoms with Crippen LogP contribution in [0.2, 0.25) is 0 Å². The highest BCUT2D eigenvalue weighted by Gasteiger charge is 2.29. The summed E-state index contributed by atoms with van der Waals surface area (Å²) in [5.74, 6) is 0. The number of hydrogen-bond acceptors (Lipinski definition) is 4. The van der Waals surface area contributed by atoms with Crippen LogP contribution in [0.5, 0.6) is 0 Å². The number of nitrogens with one attached hydrogen (secondary N) is 1. The lowest BCUT2D eigenvalue weighted by atomic mass is 9.89. The normalized spacial score (nSPS) is 36.2. The molecule has 1 atom stereocenters. The smallest absolute Gasteiger partial charge is 0.147 e. The Morgan fingerprint density at radius 1 is 1.40 bits per heavy atom. The highest BCUT2D eigenvalue weighted by atomic mass is 16.7. The molecule has 0 spiro atoms. The number of hydrogen-bond donors (Lipinski definition) is 1. The fourth-order valence-corrected chi connectivity index (χ4v) is 2.06. The van der Waals surface area contributed by atoms with Crippen molar-refractivity contribution in [1.82, 2.24) is 5.32 Å². The summed E-state index contributed by atoms with van der Waals surface area (Å²) in [7, 11) is 0. The van der Waals surface area contributed by atoms with Crippen LogP contribution in [0.15, 0.2) is 0 Å². The van der Waals surface area contributed by atoms with E-state index in [0.717, 1.165) is 39.0 Å². The predicted molar refractivity (Wildman–Crippen MR) is 56.7 cm³/mol. The van der Waals surface area contributed by atoms with E-state index in [2.05, 4.69) is 12.2 Å². The van der Waals surface area contributed by atoms with Crippen LogP contribution in [0, 0.1) is 0 Å². The minimum Gasteiger partial charge on any atom is -0.378 e. The van der Waals surface area contributed by atoms with Crippen LogP contribution < -0.4 is 5.32 Å². The zero-order valence-corrected chi connectivity index (χ0v) is 9.41. The molecule has 88 valence electrons. The van der Waals surface area contributed by atoms with Crippen molar-refractivity contribution in [2.24, 2.45) is 0 Å². The monoisotopic (exact) mass is 215 g/mol. The van der Waals surface area contributed by atoms with Crippen LogP contribution in [-0.4, -0.2) is 44.8 Å². The first-order valence-electron chi connectivity index (χ1n) is 5.92. The van der Waals surface area contributed by atoms with Gasteiger partial charge in [-0.1, -0.05) is 0 Å². The first kappa shape index (κ1) is 11.3. The second-order valence-electron chi connectivity index (χ2n) is 4.26. The van der Waals surface area contributed by atoms with E-state index in [-0.39, 0.29) is 0 Å². The lowest BCUT2D eigenvalue weighted by molar-refractivity contribution is -0.138. The van der Waals surface area contributed by atoms with Crippen LogP contribution >= 0.6 is 0 Å². The highest BCUT2D eigenvalue weighted by Crippen LogP contribution is 2.23. The molecule has 4 heteroatoms. The van der Waals surface area contributed by atoms with Gasteiger partial charge in [0.1, 0.15) is 6.79 Å². The van der Waals surface area contributed by atoms with Gasteiger partial charge in [-0.3, -0.25) is 0 Å². The van der Waals surface area contributed by atoms with Gasteiger partial charge in [0, 0.05) is 19.2 Å². The third-order valence-electron chi connectivity index (χ3n) is 3.10. The van der Waals surface area contributed by atoms with Gasteiger partial charge in [-0.05, 0) is 26.2 Å². The van der Waals surface area contributed by atoms with Gasteiger partial charge < -0.3 is 19.5 Å². The van der Waals surface area contributed by atoms with Crippen molar-refractivity contribution in [3.63, 3.8) is 0 Å². The molecule has 0 amide bonds. The number of rotatable bonds is 5. The summed E-state index contributed by atoms with van der Waals surface area (Å²) in [4.78, 5) is 0. The minimum absolute atomic E-state index is 0.338. The van der Waals surface area contributed by atoms with E-state index in [1.807, 2.05) is 0 Å². The van der Waals surface area contributed by atoms with E-state index in [9.17, 15) is 0 Å². The van der Waals surface area contributed by atoms with Crippen molar-refractivity contribution < 1.29 is 14.2 Å². The van der Waals surface area contributed by atoms with E-state index < -0.39 is 0 Å². The lowest BCUT2D eigenvalue weighted by Gasteiger charge is -2.36. The van der Waals surface area contributed by atoms with Gasteiger partial charge in [0.05, 0.1) is 18.8 Å². The van der Waals surface area contributed by atoms with Crippen LogP contribution in [-0.2, 0) is 14.2 Å². The Morgan fingerprint density at radius 3 is 2.93 bits per heavy atom. The first-order chi connectivity index (χ1) is 7.38. The molecular weight excluding hydrogens is 194 g/mol. The molecule has 0 aromatic rings. The minimum atomic E-state index is 0.338. The van der Waals surface area contributed by atoms with Crippen molar-refractivity contribution in [1.29, 1.82) is 0 Å². The Bertz CT molecular complexity index is 177. The van der Waals surface area contributed by atoms with Gasteiger partial charge in [0.15, 0.2) is 0 Å². The molecule has 1 N–H and O–H groups in total. The van der Waals surface area contributed by atoms with Crippen LogP contribution in [0.25, 0.3) is 0 Å². The molecule has 1 saturated heterocycles. The first-order valence-corrected chi connectivity index (χ1v) is 5.92. The Morgan fingerprint density at radius 2 is 2.27 bits per heavy atom. The van der Waals surface area contributed by atoms with Crippen molar-refractivity contribution in [3.05, 3.63) is 0 Å². The molecule has 1 unspecified atom stereocenters. The zero-order chi connectivity index (χ0) is 10.5. The van der Waals surface area contributed by atoms with E-state index >= 15 is 0 Å². The maximum absolute atomic E-state index is 5.51. The summed E-state index contributed by atoms with van der Waals surface area (Å²) in [6, 6.07) is 0.632. The molecule has 1 aliphatic heterocycles. The van der Waals surface area contributed by atoms with Crippen molar-refractivity contribution >= 4 is 0 Å². The van der Waals surface area contributed by atoms with E-state index in [1.54, 1.807) is 0 Å². The molecule has 1 heterocycles. The molecule has 1 saturated carbocycles.